The third-order valence-corrected chi connectivity index (χ3v) is 19.5. The van der Waals surface area contributed by atoms with Crippen molar-refractivity contribution in [3.8, 4) is 0 Å². The second kappa shape index (κ2) is 37.9. The fourth-order valence-electron chi connectivity index (χ4n) is 13.5. The smallest absolute Gasteiger partial charge is 0.217 e. The van der Waals surface area contributed by atoms with E-state index in [1.54, 1.807) is 0 Å². The Kier molecular flexibility index (Phi) is 31.1. The summed E-state index contributed by atoms with van der Waals surface area (Å²) in [5.74, 6) is -1.69. The Morgan fingerprint density at radius 2 is 0.509 bits per heavy atom. The molecule has 29 N–H and O–H groups in total. The summed E-state index contributed by atoms with van der Waals surface area (Å²) in [5, 5.41) is 301. The van der Waals surface area contributed by atoms with Crippen LogP contribution in [0.4, 0.5) is 0 Å². The molecule has 0 radical (unpaired) electrons. The number of aliphatic hydroxyl groups excluding tert-OH is 27. The van der Waals surface area contributed by atoms with Crippen LogP contribution in [0.2, 0.25) is 0 Å². The lowest BCUT2D eigenvalue weighted by Crippen LogP contribution is -2.70. The summed E-state index contributed by atoms with van der Waals surface area (Å²) in [6, 6.07) is -3.50. The van der Waals surface area contributed by atoms with Gasteiger partial charge in [0.1, 0.15) is 220 Å². The van der Waals surface area contributed by atoms with Crippen LogP contribution in [0.25, 0.3) is 0 Å². The fraction of sp³-hybridized carbons (Fsp3) is 0.966. The first-order valence-corrected chi connectivity index (χ1v) is 33.7. The van der Waals surface area contributed by atoms with Gasteiger partial charge in [-0.15, -0.1) is 0 Å². The second-order valence-corrected chi connectivity index (χ2v) is 26.7. The van der Waals surface area contributed by atoms with Gasteiger partial charge in [-0.3, -0.25) is 9.59 Å². The van der Waals surface area contributed by atoms with E-state index in [4.69, 9.17) is 80.5 Å². The van der Waals surface area contributed by atoms with Crippen molar-refractivity contribution in [2.45, 2.75) is 290 Å². The third-order valence-electron chi connectivity index (χ3n) is 19.5. The maximum absolute atomic E-state index is 12.8. The molecule has 0 bridgehead atoms. The summed E-state index contributed by atoms with van der Waals surface area (Å²) in [5.41, 5.74) is 0. The molecule has 0 spiro atoms. The SMILES string of the molecule is CC(=O)N[C@H]1[C@H](O[C@H]2[C@H](O)[C@@H](NC(C)=O)C(O)O[C@@H]2CO)O[C@H](CO)[C@@H](O[C@@H]2O[C@H](CO[C@H]3O[C@H](CO[C@H]4O[C@H](CO)[C@@H](O)[C@H](O)[C@@H]4O)[C@@H](O)[C@H](O[C@H]4O[C@H](CO)[C@@H](O)[C@H](O)[C@@H]4O[C@H]4O[C@H](CO)[C@@H](O)[C@H](O)[C@@H]4O[C@H]4O[C@H](CO)[C@@H](O)[C@H](O)[C@@H]4O)[C@@H]3O)[C@@H](O)[C@H](O[C@H]3O[C@H](CO)[C@@H](O)[C@H](O)[C@@H]3O)[C@@H]2O)[C@@H]1O. The zero-order chi connectivity index (χ0) is 77.9. The van der Waals surface area contributed by atoms with E-state index in [0.717, 1.165) is 13.8 Å². The van der Waals surface area contributed by atoms with Crippen LogP contribution in [0.1, 0.15) is 13.8 Å². The van der Waals surface area contributed by atoms with Crippen molar-refractivity contribution in [1.29, 1.82) is 0 Å². The lowest BCUT2D eigenvalue weighted by Gasteiger charge is -2.50. The van der Waals surface area contributed by atoms with E-state index in [0.29, 0.717) is 0 Å². The zero-order valence-electron chi connectivity index (χ0n) is 56.2. The molecule has 9 aliphatic rings. The van der Waals surface area contributed by atoms with Crippen LogP contribution in [-0.2, 0) is 90.1 Å². The van der Waals surface area contributed by atoms with Gasteiger partial charge in [-0.05, 0) is 0 Å². The number of amides is 2. The van der Waals surface area contributed by atoms with Gasteiger partial charge >= 0.3 is 0 Å². The van der Waals surface area contributed by atoms with Crippen LogP contribution >= 0.6 is 0 Å². The highest BCUT2D eigenvalue weighted by atomic mass is 16.8. The van der Waals surface area contributed by atoms with Crippen molar-refractivity contribution < 1.29 is 228 Å². The van der Waals surface area contributed by atoms with Crippen LogP contribution in [0.15, 0.2) is 0 Å². The summed E-state index contributed by atoms with van der Waals surface area (Å²) in [7, 11) is 0. The number of carbonyl (C=O) groups is 2. The van der Waals surface area contributed by atoms with Crippen molar-refractivity contribution in [1.82, 2.24) is 10.6 Å². The van der Waals surface area contributed by atoms with Crippen LogP contribution in [-0.4, -0.2) is 485 Å². The number of rotatable bonds is 27. The largest absolute Gasteiger partial charge is 0.394 e. The van der Waals surface area contributed by atoms with Gasteiger partial charge in [0.05, 0.1) is 59.5 Å². The Hall–Kier alpha value is -2.82. The summed E-state index contributed by atoms with van der Waals surface area (Å²) in [6.07, 6.45) is -90.5. The Bertz CT molecular complexity index is 2710. The molecule has 106 heavy (non-hydrogen) atoms. The van der Waals surface area contributed by atoms with Gasteiger partial charge in [0, 0.05) is 13.8 Å². The molecule has 9 saturated heterocycles. The topological polar surface area (TPSA) is 761 Å². The molecule has 9 fully saturated rings. The molecule has 48 heteroatoms. The minimum atomic E-state index is -2.50. The maximum Gasteiger partial charge on any atom is 0.217 e. The van der Waals surface area contributed by atoms with Gasteiger partial charge in [0.15, 0.2) is 56.6 Å². The molecule has 9 heterocycles. The molecule has 0 saturated carbocycles. The predicted molar refractivity (Wildman–Crippen MR) is 320 cm³/mol. The summed E-state index contributed by atoms with van der Waals surface area (Å²) in [6.45, 7) is -7.70. The molecule has 0 aromatic heterocycles. The quantitative estimate of drug-likeness (QED) is 0.0363. The van der Waals surface area contributed by atoms with E-state index in [2.05, 4.69) is 10.6 Å². The third kappa shape index (κ3) is 18.7. The number of hydrogen-bond donors (Lipinski definition) is 29. The highest BCUT2D eigenvalue weighted by Crippen LogP contribution is 2.39. The number of nitrogens with one attached hydrogen (secondary N) is 2. The molecular weight excluding hydrogens is 1460 g/mol. The maximum atomic E-state index is 12.8. The Morgan fingerprint density at radius 1 is 0.245 bits per heavy atom. The molecule has 45 atom stereocenters. The summed E-state index contributed by atoms with van der Waals surface area (Å²) < 4.78 is 98.8. The van der Waals surface area contributed by atoms with Gasteiger partial charge in [-0.25, -0.2) is 0 Å². The van der Waals surface area contributed by atoms with Gasteiger partial charge < -0.3 is 229 Å². The van der Waals surface area contributed by atoms with E-state index >= 15 is 0 Å². The van der Waals surface area contributed by atoms with Crippen LogP contribution in [0, 0.1) is 0 Å². The summed E-state index contributed by atoms with van der Waals surface area (Å²) in [4.78, 5) is 24.9. The zero-order valence-corrected chi connectivity index (χ0v) is 56.2. The molecule has 0 aromatic carbocycles. The Balaban J connectivity index is 1.03. The van der Waals surface area contributed by atoms with Crippen molar-refractivity contribution in [2.24, 2.45) is 0 Å². The molecule has 0 aromatic rings. The molecular formula is C58H98N2O46. The van der Waals surface area contributed by atoms with Crippen LogP contribution in [0.3, 0.4) is 0 Å². The van der Waals surface area contributed by atoms with E-state index in [1.165, 1.54) is 0 Å². The van der Waals surface area contributed by atoms with Crippen molar-refractivity contribution in [3.63, 3.8) is 0 Å². The molecule has 9 rings (SSSR count). The van der Waals surface area contributed by atoms with E-state index in [-0.39, 0.29) is 0 Å². The predicted octanol–water partition coefficient (Wildman–Crippen LogP) is -20.3. The van der Waals surface area contributed by atoms with E-state index in [1.807, 2.05) is 0 Å². The van der Waals surface area contributed by atoms with Crippen molar-refractivity contribution in [2.75, 3.05) is 59.5 Å². The number of hydrogen-bond acceptors (Lipinski definition) is 46. The second-order valence-electron chi connectivity index (χ2n) is 26.7. The Morgan fingerprint density at radius 3 is 0.925 bits per heavy atom. The standard InChI is InChI=1S/C58H98N2O46/c1-12(68)59-23-32(77)44(19(8-66)92-50(23)89)101-51-24(60-13(2)69)33(78)45(20(9-67)98-51)102-56-43(88)47(103-54-40(85)35(80)26(71)15(4-62)94-54)31(76)22(100-56)11-91-53-42(87)46(30(75)21(99-53)10-90-52-39(84)34(79)25(70)14(3-61)93-52)104-57-49(38(83)29(74)17(6-64)96-57)106-58-48(37(82)28(73)18(7-65)97-58)105-55-41(86)36(81)27(72)16(5-63)95-55/h14-58,61-67,70-89H,3-11H2,1-2H3,(H,59,68)(H,60,69)/t14-,15-,16-,17-,18-,19-,20-,21-,22-,23-,24-,25-,26-,27-,28-,29-,30-,31-,32-,33-,34+,35+,36+,37+,38+,39+,40+,41+,42+,43+,44-,45-,46+,47+,48+,49+,50?,51+,52+,53+,54-,55-,56+,57-,58-/m1/s1. The van der Waals surface area contributed by atoms with E-state index < -0.39 is 348 Å². The van der Waals surface area contributed by atoms with Gasteiger partial charge in [-0.1, -0.05) is 0 Å². The number of ether oxygens (including phenoxy) is 17. The minimum Gasteiger partial charge on any atom is -0.394 e. The fourth-order valence-corrected chi connectivity index (χ4v) is 13.5. The van der Waals surface area contributed by atoms with Crippen molar-refractivity contribution in [3.05, 3.63) is 0 Å². The first kappa shape index (κ1) is 87.2. The average Bonchev–Trinajstić information content (AvgIpc) is 0.772. The van der Waals surface area contributed by atoms with Crippen LogP contribution < -0.4 is 10.6 Å². The Labute approximate surface area is 598 Å². The lowest BCUT2D eigenvalue weighted by molar-refractivity contribution is -0.405. The summed E-state index contributed by atoms with van der Waals surface area (Å²) >= 11 is 0. The number of aliphatic hydroxyl groups is 27. The average molecular weight is 1560 g/mol. The molecule has 0 aliphatic carbocycles. The normalized spacial score (nSPS) is 51.2. The van der Waals surface area contributed by atoms with Gasteiger partial charge in [0.25, 0.3) is 0 Å². The highest BCUT2D eigenvalue weighted by molar-refractivity contribution is 5.73. The first-order valence-electron chi connectivity index (χ1n) is 33.7. The molecule has 2 amide bonds. The van der Waals surface area contributed by atoms with Gasteiger partial charge in [-0.2, -0.15) is 0 Å². The number of carbonyl (C=O) groups excluding carboxylic acids is 2. The first-order chi connectivity index (χ1) is 50.2. The molecule has 616 valence electrons. The van der Waals surface area contributed by atoms with Gasteiger partial charge in [0.2, 0.25) is 11.8 Å². The van der Waals surface area contributed by atoms with Crippen LogP contribution in [0.5, 0.6) is 0 Å². The molecule has 9 aliphatic heterocycles. The van der Waals surface area contributed by atoms with Crippen molar-refractivity contribution >= 4 is 11.8 Å². The van der Waals surface area contributed by atoms with E-state index in [9.17, 15) is 147 Å². The molecule has 48 nitrogen and oxygen atoms in total. The lowest BCUT2D eigenvalue weighted by atomic mass is 9.94. The monoisotopic (exact) mass is 1560 g/mol. The minimum absolute atomic E-state index is 0.772. The molecule has 1 unspecified atom stereocenters. The highest BCUT2D eigenvalue weighted by Gasteiger charge is 2.60.